The van der Waals surface area contributed by atoms with Crippen molar-refractivity contribution < 1.29 is 14.7 Å². The normalized spacial score (nSPS) is 11.6. The Balaban J connectivity index is 2.19. The molecule has 5 heteroatoms. The highest BCUT2D eigenvalue weighted by Crippen LogP contribution is 2.13. The largest absolute Gasteiger partial charge is 0.479 e. The number of carboxylic acids is 1. The molecule has 2 aromatic rings. The zero-order valence-electron chi connectivity index (χ0n) is 9.98. The highest BCUT2D eigenvalue weighted by Gasteiger charge is 2.22. The molecule has 19 heavy (non-hydrogen) atoms. The number of pyridine rings is 1. The molecule has 0 saturated heterocycles. The Bertz CT molecular complexity index is 570. The second-order valence-electron chi connectivity index (χ2n) is 3.87. The van der Waals surface area contributed by atoms with Gasteiger partial charge in [-0.1, -0.05) is 36.4 Å². The third-order valence-corrected chi connectivity index (χ3v) is 2.55. The van der Waals surface area contributed by atoms with Crippen LogP contribution in [-0.4, -0.2) is 22.0 Å². The molecule has 0 fully saturated rings. The minimum absolute atomic E-state index is 0.185. The van der Waals surface area contributed by atoms with Gasteiger partial charge in [0.15, 0.2) is 6.04 Å². The van der Waals surface area contributed by atoms with Gasteiger partial charge >= 0.3 is 5.97 Å². The number of nitrogens with one attached hydrogen (secondary N) is 1. The molecule has 1 aromatic carbocycles. The van der Waals surface area contributed by atoms with Crippen LogP contribution in [0.5, 0.6) is 0 Å². The van der Waals surface area contributed by atoms with E-state index in [9.17, 15) is 14.7 Å². The van der Waals surface area contributed by atoms with Gasteiger partial charge in [0.05, 0.1) is 0 Å². The average Bonchev–Trinajstić information content (AvgIpc) is 2.46. The van der Waals surface area contributed by atoms with Crippen molar-refractivity contribution in [3.63, 3.8) is 0 Å². The molecule has 0 unspecified atom stereocenters. The number of carboxylic acid groups (broad SMARTS) is 1. The lowest BCUT2D eigenvalue weighted by molar-refractivity contribution is -0.139. The maximum Gasteiger partial charge on any atom is 0.330 e. The fourth-order valence-corrected chi connectivity index (χ4v) is 1.64. The summed E-state index contributed by atoms with van der Waals surface area (Å²) in [5, 5.41) is 11.6. The van der Waals surface area contributed by atoms with E-state index in [1.54, 1.807) is 42.5 Å². The number of hydrogen-bond donors (Lipinski definition) is 2. The van der Waals surface area contributed by atoms with Gasteiger partial charge in [0.1, 0.15) is 5.69 Å². The lowest BCUT2D eigenvalue weighted by Gasteiger charge is -2.14. The van der Waals surface area contributed by atoms with Crippen LogP contribution < -0.4 is 5.32 Å². The van der Waals surface area contributed by atoms with E-state index in [1.807, 2.05) is 0 Å². The van der Waals surface area contributed by atoms with Crippen molar-refractivity contribution in [3.05, 3.63) is 66.0 Å². The van der Waals surface area contributed by atoms with Crippen molar-refractivity contribution in [1.29, 1.82) is 0 Å². The molecule has 0 spiro atoms. The molecule has 1 aromatic heterocycles. The van der Waals surface area contributed by atoms with Crippen LogP contribution in [0.15, 0.2) is 54.7 Å². The maximum absolute atomic E-state index is 11.9. The van der Waals surface area contributed by atoms with E-state index < -0.39 is 17.9 Å². The van der Waals surface area contributed by atoms with Gasteiger partial charge in [0, 0.05) is 6.20 Å². The van der Waals surface area contributed by atoms with Crippen LogP contribution in [0.4, 0.5) is 0 Å². The Kier molecular flexibility index (Phi) is 3.87. The van der Waals surface area contributed by atoms with Gasteiger partial charge in [-0.2, -0.15) is 0 Å². The lowest BCUT2D eigenvalue weighted by atomic mass is 10.1. The van der Waals surface area contributed by atoms with Gasteiger partial charge in [-0.3, -0.25) is 9.78 Å². The first kappa shape index (κ1) is 12.8. The highest BCUT2D eigenvalue weighted by atomic mass is 16.4. The van der Waals surface area contributed by atoms with Crippen molar-refractivity contribution in [3.8, 4) is 0 Å². The Morgan fingerprint density at radius 2 is 1.74 bits per heavy atom. The van der Waals surface area contributed by atoms with Crippen molar-refractivity contribution >= 4 is 11.9 Å². The molecule has 0 aliphatic carbocycles. The summed E-state index contributed by atoms with van der Waals surface area (Å²) in [6.07, 6.45) is 1.48. The smallest absolute Gasteiger partial charge is 0.330 e. The second-order valence-corrected chi connectivity index (χ2v) is 3.87. The Morgan fingerprint density at radius 3 is 2.32 bits per heavy atom. The van der Waals surface area contributed by atoms with Crippen molar-refractivity contribution in [2.24, 2.45) is 0 Å². The quantitative estimate of drug-likeness (QED) is 0.871. The molecular weight excluding hydrogens is 244 g/mol. The van der Waals surface area contributed by atoms with Gasteiger partial charge in [0.2, 0.25) is 0 Å². The zero-order valence-corrected chi connectivity index (χ0v) is 9.98. The van der Waals surface area contributed by atoms with Gasteiger partial charge in [-0.15, -0.1) is 0 Å². The molecule has 0 radical (unpaired) electrons. The van der Waals surface area contributed by atoms with Crippen LogP contribution in [0.25, 0.3) is 0 Å². The lowest BCUT2D eigenvalue weighted by Crippen LogP contribution is -2.34. The summed E-state index contributed by atoms with van der Waals surface area (Å²) in [5.41, 5.74) is 0.698. The van der Waals surface area contributed by atoms with E-state index in [-0.39, 0.29) is 5.69 Å². The Hall–Kier alpha value is -2.69. The van der Waals surface area contributed by atoms with E-state index in [2.05, 4.69) is 10.3 Å². The fraction of sp³-hybridized carbons (Fsp3) is 0.0714. The minimum atomic E-state index is -1.12. The first-order chi connectivity index (χ1) is 9.18. The summed E-state index contributed by atoms with van der Waals surface area (Å²) in [7, 11) is 0. The van der Waals surface area contributed by atoms with Crippen molar-refractivity contribution in [1.82, 2.24) is 10.3 Å². The summed E-state index contributed by atoms with van der Waals surface area (Å²) >= 11 is 0. The molecule has 96 valence electrons. The van der Waals surface area contributed by atoms with E-state index in [0.29, 0.717) is 5.56 Å². The number of rotatable bonds is 4. The summed E-state index contributed by atoms with van der Waals surface area (Å²) in [5.74, 6) is -1.63. The number of aromatic nitrogens is 1. The fourth-order valence-electron chi connectivity index (χ4n) is 1.64. The van der Waals surface area contributed by atoms with Crippen LogP contribution in [0.1, 0.15) is 22.1 Å². The number of carbonyl (C=O) groups is 2. The topological polar surface area (TPSA) is 79.3 Å². The van der Waals surface area contributed by atoms with Gasteiger partial charge in [-0.05, 0) is 17.7 Å². The minimum Gasteiger partial charge on any atom is -0.479 e. The monoisotopic (exact) mass is 256 g/mol. The summed E-state index contributed by atoms with van der Waals surface area (Å²) in [6.45, 7) is 0. The van der Waals surface area contributed by atoms with Crippen LogP contribution in [0.2, 0.25) is 0 Å². The molecule has 1 atom stereocenters. The summed E-state index contributed by atoms with van der Waals surface area (Å²) in [6, 6.07) is 12.3. The molecule has 0 aliphatic rings. The highest BCUT2D eigenvalue weighted by molar-refractivity contribution is 5.95. The van der Waals surface area contributed by atoms with E-state index in [0.717, 1.165) is 0 Å². The number of amides is 1. The molecule has 0 bridgehead atoms. The van der Waals surface area contributed by atoms with Gasteiger partial charge in [-0.25, -0.2) is 4.79 Å². The first-order valence-electron chi connectivity index (χ1n) is 5.68. The van der Waals surface area contributed by atoms with Crippen molar-refractivity contribution in [2.75, 3.05) is 0 Å². The van der Waals surface area contributed by atoms with Gasteiger partial charge < -0.3 is 10.4 Å². The van der Waals surface area contributed by atoms with Crippen LogP contribution >= 0.6 is 0 Å². The van der Waals surface area contributed by atoms with E-state index in [4.69, 9.17) is 0 Å². The van der Waals surface area contributed by atoms with Crippen LogP contribution in [0, 0.1) is 0 Å². The SMILES string of the molecule is O=C(N[C@H](C(=O)O)c1ccccc1)c1ccccn1. The third kappa shape index (κ3) is 3.16. The number of benzene rings is 1. The Labute approximate surface area is 109 Å². The number of aliphatic carboxylic acids is 1. The van der Waals surface area contributed by atoms with E-state index >= 15 is 0 Å². The Morgan fingerprint density at radius 1 is 1.05 bits per heavy atom. The molecule has 0 aliphatic heterocycles. The molecule has 5 nitrogen and oxygen atoms in total. The molecule has 2 rings (SSSR count). The van der Waals surface area contributed by atoms with Crippen molar-refractivity contribution in [2.45, 2.75) is 6.04 Å². The molecule has 0 saturated carbocycles. The number of nitrogens with zero attached hydrogens (tertiary/aromatic N) is 1. The van der Waals surface area contributed by atoms with Gasteiger partial charge in [0.25, 0.3) is 5.91 Å². The predicted molar refractivity (Wildman–Crippen MR) is 68.5 cm³/mol. The van der Waals surface area contributed by atoms with Crippen LogP contribution in [0.3, 0.4) is 0 Å². The summed E-state index contributed by atoms with van der Waals surface area (Å²) in [4.78, 5) is 27.0. The first-order valence-corrected chi connectivity index (χ1v) is 5.68. The zero-order chi connectivity index (χ0) is 13.7. The number of carbonyl (C=O) groups excluding carboxylic acids is 1. The standard InChI is InChI=1S/C14H12N2O3/c17-13(11-8-4-5-9-15-11)16-12(14(18)19)10-6-2-1-3-7-10/h1-9,12H,(H,16,17)(H,18,19)/t12-/m0/s1. The molecule has 1 heterocycles. The predicted octanol–water partition coefficient (Wildman–Crippen LogP) is 1.64. The molecule has 2 N–H and O–H groups in total. The maximum atomic E-state index is 11.9. The summed E-state index contributed by atoms with van der Waals surface area (Å²) < 4.78 is 0. The second kappa shape index (κ2) is 5.77. The van der Waals surface area contributed by atoms with Crippen LogP contribution in [-0.2, 0) is 4.79 Å². The number of hydrogen-bond acceptors (Lipinski definition) is 3. The molecule has 1 amide bonds. The molecular formula is C14H12N2O3. The van der Waals surface area contributed by atoms with E-state index in [1.165, 1.54) is 12.3 Å². The third-order valence-electron chi connectivity index (χ3n) is 2.55. The average molecular weight is 256 g/mol.